The molecule has 0 aromatic carbocycles. The predicted molar refractivity (Wildman–Crippen MR) is 30.2 cm³/mol. The minimum atomic E-state index is -2.39. The molecule has 0 saturated heterocycles. The van der Waals surface area contributed by atoms with Crippen LogP contribution in [0.1, 0.15) is 8.35 Å². The molecular formula is C2H7NaO3PS+. The van der Waals surface area contributed by atoms with E-state index in [9.17, 15) is 4.57 Å². The van der Waals surface area contributed by atoms with E-state index in [-0.39, 0.29) is 31.0 Å². The summed E-state index contributed by atoms with van der Waals surface area (Å²) >= 11 is 0.983. The second-order valence-electron chi connectivity index (χ2n) is 0.719. The van der Waals surface area contributed by atoms with Gasteiger partial charge in [-0.25, -0.2) is 0 Å². The molecule has 0 heterocycles. The minimum Gasteiger partial charge on any atom is -1.00 e. The minimum absolute atomic E-state index is 0. The molecule has 0 fully saturated rings. The Morgan fingerprint density at radius 2 is 2.50 bits per heavy atom. The molecule has 0 spiro atoms. The summed E-state index contributed by atoms with van der Waals surface area (Å²) in [5.74, 6) is 0.696. The summed E-state index contributed by atoms with van der Waals surface area (Å²) in [6, 6.07) is 0. The molecule has 44 valence electrons. The third kappa shape index (κ3) is 10.4. The zero-order chi connectivity index (χ0) is 5.70. The predicted octanol–water partition coefficient (Wildman–Crippen LogP) is -1.56. The second kappa shape index (κ2) is 8.37. The summed E-state index contributed by atoms with van der Waals surface area (Å²) in [7, 11) is -2.39. The van der Waals surface area contributed by atoms with Gasteiger partial charge in [-0.1, -0.05) is 6.92 Å². The van der Waals surface area contributed by atoms with E-state index in [1.54, 1.807) is 0 Å². The second-order valence-corrected chi connectivity index (χ2v) is 2.60. The van der Waals surface area contributed by atoms with Gasteiger partial charge in [0.2, 0.25) is 0 Å². The molecule has 0 aliphatic carbocycles. The van der Waals surface area contributed by atoms with Crippen LogP contribution >= 0.6 is 20.3 Å². The van der Waals surface area contributed by atoms with Gasteiger partial charge in [-0.3, -0.25) is 0 Å². The van der Waals surface area contributed by atoms with Crippen molar-refractivity contribution in [3.63, 3.8) is 0 Å². The normalized spacial score (nSPS) is 10.0. The largest absolute Gasteiger partial charge is 1.00 e. The molecular weight excluding hydrogens is 158 g/mol. The van der Waals surface area contributed by atoms with Crippen molar-refractivity contribution in [2.75, 3.05) is 5.75 Å². The smallest absolute Gasteiger partial charge is 1.00 e. The van der Waals surface area contributed by atoms with E-state index in [1.165, 1.54) is 0 Å². The third-order valence-corrected chi connectivity index (χ3v) is 1.40. The Morgan fingerprint density at radius 1 is 2.00 bits per heavy atom. The van der Waals surface area contributed by atoms with Crippen LogP contribution in [0.3, 0.4) is 0 Å². The summed E-state index contributed by atoms with van der Waals surface area (Å²) in [4.78, 5) is 7.95. The van der Waals surface area contributed by atoms with E-state index < -0.39 is 8.25 Å². The Bertz CT molecular complexity index is 74.8. The number of hydrogen-bond donors (Lipinski definition) is 1. The van der Waals surface area contributed by atoms with Crippen molar-refractivity contribution in [2.45, 2.75) is 6.92 Å². The van der Waals surface area contributed by atoms with E-state index in [1.807, 2.05) is 6.92 Å². The molecule has 0 aliphatic rings. The maximum atomic E-state index is 9.66. The first-order valence-electron chi connectivity index (χ1n) is 1.73. The summed E-state index contributed by atoms with van der Waals surface area (Å²) < 4.78 is 13.8. The Kier molecular flexibility index (Phi) is 12.6. The van der Waals surface area contributed by atoms with E-state index >= 15 is 0 Å². The molecule has 0 radical (unpaired) electrons. The van der Waals surface area contributed by atoms with Crippen molar-refractivity contribution in [3.05, 3.63) is 0 Å². The molecule has 1 unspecified atom stereocenters. The van der Waals surface area contributed by atoms with Crippen molar-refractivity contribution in [1.82, 2.24) is 0 Å². The Morgan fingerprint density at radius 3 is 2.62 bits per heavy atom. The van der Waals surface area contributed by atoms with Gasteiger partial charge in [0.05, 0.1) is 12.0 Å². The first-order chi connectivity index (χ1) is 3.27. The standard InChI is InChI=1S/C2H5O3PS.Na.H/c1-2-7-5-6(3)4;;/h2H2,1H3;;/q;+1;-1/p+1. The monoisotopic (exact) mass is 165 g/mol. The summed E-state index contributed by atoms with van der Waals surface area (Å²) in [6.07, 6.45) is 0. The molecule has 0 saturated carbocycles. The van der Waals surface area contributed by atoms with Gasteiger partial charge in [-0.2, -0.15) is 0 Å². The zero-order valence-electron chi connectivity index (χ0n) is 5.83. The zero-order valence-corrected chi connectivity index (χ0v) is 8.54. The van der Waals surface area contributed by atoms with Gasteiger partial charge >= 0.3 is 37.8 Å². The molecule has 0 aromatic heterocycles. The van der Waals surface area contributed by atoms with Crippen molar-refractivity contribution in [3.8, 4) is 0 Å². The van der Waals surface area contributed by atoms with Crippen molar-refractivity contribution < 1.29 is 44.4 Å². The topological polar surface area (TPSA) is 46.5 Å². The van der Waals surface area contributed by atoms with Gasteiger partial charge in [0.25, 0.3) is 0 Å². The van der Waals surface area contributed by atoms with Gasteiger partial charge in [0.15, 0.2) is 0 Å². The van der Waals surface area contributed by atoms with Crippen LogP contribution in [0.25, 0.3) is 0 Å². The molecule has 1 atom stereocenters. The first-order valence-corrected chi connectivity index (χ1v) is 3.77. The summed E-state index contributed by atoms with van der Waals surface area (Å²) in [6.45, 7) is 1.84. The Balaban J connectivity index is -0.000000180. The van der Waals surface area contributed by atoms with Crippen molar-refractivity contribution in [2.24, 2.45) is 0 Å². The number of hydrogen-bond acceptors (Lipinski definition) is 3. The molecule has 0 aromatic rings. The van der Waals surface area contributed by atoms with Gasteiger partial charge in [0, 0.05) is 10.3 Å². The fraction of sp³-hybridized carbons (Fsp3) is 1.00. The van der Waals surface area contributed by atoms with Crippen LogP contribution in [-0.4, -0.2) is 10.6 Å². The number of rotatable bonds is 3. The Labute approximate surface area is 77.1 Å². The van der Waals surface area contributed by atoms with Gasteiger partial charge in [-0.15, -0.1) is 4.89 Å². The molecule has 0 aliphatic heterocycles. The average Bonchev–Trinajstić information content (AvgIpc) is 1.61. The SMILES string of the molecule is CCSO[P+](=O)O.[H-].[Na+]. The molecule has 0 amide bonds. The van der Waals surface area contributed by atoms with Gasteiger partial charge < -0.3 is 1.43 Å². The van der Waals surface area contributed by atoms with Crippen LogP contribution in [0, 0.1) is 0 Å². The molecule has 6 heteroatoms. The van der Waals surface area contributed by atoms with E-state index in [0.29, 0.717) is 5.75 Å². The molecule has 8 heavy (non-hydrogen) atoms. The molecule has 0 rings (SSSR count). The van der Waals surface area contributed by atoms with Crippen LogP contribution in [0.15, 0.2) is 0 Å². The van der Waals surface area contributed by atoms with Crippen LogP contribution in [-0.2, 0) is 8.54 Å². The molecule has 1 N–H and O–H groups in total. The van der Waals surface area contributed by atoms with Crippen molar-refractivity contribution >= 4 is 20.3 Å². The van der Waals surface area contributed by atoms with Crippen molar-refractivity contribution in [1.29, 1.82) is 0 Å². The maximum absolute atomic E-state index is 9.66. The molecule has 0 bridgehead atoms. The maximum Gasteiger partial charge on any atom is 1.00 e. The van der Waals surface area contributed by atoms with Crippen LogP contribution in [0.2, 0.25) is 0 Å². The van der Waals surface area contributed by atoms with Crippen LogP contribution < -0.4 is 29.6 Å². The summed E-state index contributed by atoms with van der Waals surface area (Å²) in [5, 5.41) is 0. The van der Waals surface area contributed by atoms with E-state index in [4.69, 9.17) is 4.89 Å². The van der Waals surface area contributed by atoms with Gasteiger partial charge in [0.1, 0.15) is 0 Å². The van der Waals surface area contributed by atoms with Gasteiger partial charge in [-0.05, 0) is 3.97 Å². The quantitative estimate of drug-likeness (QED) is 0.312. The fourth-order valence-corrected chi connectivity index (χ4v) is 0.880. The molecule has 3 nitrogen and oxygen atoms in total. The van der Waals surface area contributed by atoms with E-state index in [2.05, 4.69) is 3.97 Å². The van der Waals surface area contributed by atoms with Crippen LogP contribution in [0.5, 0.6) is 0 Å². The average molecular weight is 165 g/mol. The first kappa shape index (κ1) is 12.1. The summed E-state index contributed by atoms with van der Waals surface area (Å²) in [5.41, 5.74) is 0. The van der Waals surface area contributed by atoms with Crippen LogP contribution in [0.4, 0.5) is 0 Å². The fourth-order valence-electron chi connectivity index (χ4n) is 0.0978. The van der Waals surface area contributed by atoms with E-state index in [0.717, 1.165) is 12.0 Å². The Hall–Kier alpha value is 1.37. The third-order valence-electron chi connectivity index (χ3n) is 0.234.